The summed E-state index contributed by atoms with van der Waals surface area (Å²) in [6.07, 6.45) is 1.10. The van der Waals surface area contributed by atoms with Gasteiger partial charge in [-0.15, -0.1) is 0 Å². The van der Waals surface area contributed by atoms with Gasteiger partial charge in [-0.3, -0.25) is 4.79 Å². The lowest BCUT2D eigenvalue weighted by Crippen LogP contribution is -2.47. The molecular weight excluding hydrogens is 436 g/mol. The Balaban J connectivity index is 1.63. The van der Waals surface area contributed by atoms with Gasteiger partial charge in [0.25, 0.3) is 0 Å². The number of rotatable bonds is 7. The highest BCUT2D eigenvalue weighted by Gasteiger charge is 2.40. The predicted molar refractivity (Wildman–Crippen MR) is 128 cm³/mol. The fourth-order valence-electron chi connectivity index (χ4n) is 4.29. The first-order valence-electron chi connectivity index (χ1n) is 11.0. The highest BCUT2D eigenvalue weighted by Crippen LogP contribution is 2.31. The predicted octanol–water partition coefficient (Wildman–Crippen LogP) is 4.06. The van der Waals surface area contributed by atoms with Crippen LogP contribution in [0, 0.1) is 6.92 Å². The molecule has 1 N–H and O–H groups in total. The molecule has 7 heteroatoms. The Bertz CT molecular complexity index is 1170. The summed E-state index contributed by atoms with van der Waals surface area (Å²) in [6, 6.07) is 23.2. The third kappa shape index (κ3) is 4.79. The summed E-state index contributed by atoms with van der Waals surface area (Å²) in [5, 5.41) is 3.11. The summed E-state index contributed by atoms with van der Waals surface area (Å²) >= 11 is 0. The molecule has 1 aliphatic heterocycles. The molecule has 1 aliphatic rings. The van der Waals surface area contributed by atoms with Crippen molar-refractivity contribution in [1.82, 2.24) is 9.62 Å². The molecule has 33 heavy (non-hydrogen) atoms. The zero-order valence-electron chi connectivity index (χ0n) is 18.8. The number of hydrogen-bond donors (Lipinski definition) is 1. The van der Waals surface area contributed by atoms with Gasteiger partial charge < -0.3 is 10.1 Å². The molecule has 3 aromatic rings. The summed E-state index contributed by atoms with van der Waals surface area (Å²) < 4.78 is 33.7. The molecule has 0 spiro atoms. The van der Waals surface area contributed by atoms with Crippen LogP contribution in [0.1, 0.15) is 35.6 Å². The average molecular weight is 465 g/mol. The fraction of sp³-hybridized carbons (Fsp3) is 0.269. The van der Waals surface area contributed by atoms with E-state index in [-0.39, 0.29) is 16.8 Å². The van der Waals surface area contributed by atoms with Crippen LogP contribution in [0.3, 0.4) is 0 Å². The van der Waals surface area contributed by atoms with E-state index in [1.807, 2.05) is 60.7 Å². The van der Waals surface area contributed by atoms with Gasteiger partial charge in [-0.1, -0.05) is 66.7 Å². The molecule has 1 heterocycles. The van der Waals surface area contributed by atoms with E-state index >= 15 is 0 Å². The number of benzene rings is 3. The molecule has 6 nitrogen and oxygen atoms in total. The Morgan fingerprint density at radius 2 is 1.61 bits per heavy atom. The van der Waals surface area contributed by atoms with Crippen LogP contribution in [0.5, 0.6) is 5.75 Å². The van der Waals surface area contributed by atoms with Crippen molar-refractivity contribution in [2.24, 2.45) is 0 Å². The van der Waals surface area contributed by atoms with E-state index in [0.29, 0.717) is 30.7 Å². The molecule has 1 amide bonds. The van der Waals surface area contributed by atoms with Crippen LogP contribution in [0.2, 0.25) is 0 Å². The van der Waals surface area contributed by atoms with Crippen molar-refractivity contribution >= 4 is 15.9 Å². The van der Waals surface area contributed by atoms with E-state index in [1.54, 1.807) is 19.1 Å². The number of amides is 1. The number of nitrogens with one attached hydrogen (secondary N) is 1. The molecule has 172 valence electrons. The van der Waals surface area contributed by atoms with Gasteiger partial charge in [0.05, 0.1) is 18.0 Å². The molecule has 0 bridgehead atoms. The van der Waals surface area contributed by atoms with E-state index in [1.165, 1.54) is 17.5 Å². The van der Waals surface area contributed by atoms with Crippen LogP contribution in [0.25, 0.3) is 0 Å². The van der Waals surface area contributed by atoms with Gasteiger partial charge in [-0.2, -0.15) is 4.31 Å². The molecule has 1 atom stereocenters. The number of hydrogen-bond acceptors (Lipinski definition) is 4. The third-order valence-corrected chi connectivity index (χ3v) is 8.09. The van der Waals surface area contributed by atoms with Crippen molar-refractivity contribution in [1.29, 1.82) is 0 Å². The molecule has 3 aromatic carbocycles. The molecule has 1 fully saturated rings. The van der Waals surface area contributed by atoms with Crippen LogP contribution in [0.15, 0.2) is 83.8 Å². The van der Waals surface area contributed by atoms with Gasteiger partial charge in [-0.05, 0) is 42.5 Å². The molecular formula is C26H28N2O4S. The SMILES string of the molecule is COc1ccc(C)c(S(=O)(=O)N2CCC[C@@H]2C(=O)NC(c2ccccc2)c2ccccc2)c1. The zero-order chi connectivity index (χ0) is 23.4. The average Bonchev–Trinajstić information content (AvgIpc) is 3.35. The first-order chi connectivity index (χ1) is 15.9. The van der Waals surface area contributed by atoms with Crippen molar-refractivity contribution in [3.63, 3.8) is 0 Å². The van der Waals surface area contributed by atoms with Gasteiger partial charge >= 0.3 is 0 Å². The summed E-state index contributed by atoms with van der Waals surface area (Å²) in [5.74, 6) is 0.168. The van der Waals surface area contributed by atoms with E-state index in [2.05, 4.69) is 5.32 Å². The van der Waals surface area contributed by atoms with Gasteiger partial charge in [0, 0.05) is 12.6 Å². The van der Waals surface area contributed by atoms with E-state index in [9.17, 15) is 13.2 Å². The lowest BCUT2D eigenvalue weighted by atomic mass is 9.98. The zero-order valence-corrected chi connectivity index (χ0v) is 19.6. The Labute approximate surface area is 195 Å². The van der Waals surface area contributed by atoms with Crippen LogP contribution in [-0.2, 0) is 14.8 Å². The van der Waals surface area contributed by atoms with Crippen molar-refractivity contribution < 1.29 is 17.9 Å². The molecule has 0 aromatic heterocycles. The minimum Gasteiger partial charge on any atom is -0.497 e. The quantitative estimate of drug-likeness (QED) is 0.572. The van der Waals surface area contributed by atoms with Gasteiger partial charge in [0.15, 0.2) is 0 Å². The monoisotopic (exact) mass is 464 g/mol. The molecule has 0 saturated carbocycles. The standard InChI is InChI=1S/C26H28N2O4S/c1-19-15-16-22(32-2)18-24(19)33(30,31)28-17-9-14-23(28)26(29)27-25(20-10-5-3-6-11-20)21-12-7-4-8-13-21/h3-8,10-13,15-16,18,23,25H,9,14,17H2,1-2H3,(H,27,29)/t23-/m1/s1. The number of carbonyl (C=O) groups excluding carboxylic acids is 1. The van der Waals surface area contributed by atoms with Crippen molar-refractivity contribution in [3.05, 3.63) is 95.6 Å². The lowest BCUT2D eigenvalue weighted by Gasteiger charge is -2.27. The number of methoxy groups -OCH3 is 1. The van der Waals surface area contributed by atoms with Gasteiger partial charge in [-0.25, -0.2) is 8.42 Å². The van der Waals surface area contributed by atoms with Crippen LogP contribution >= 0.6 is 0 Å². The Kier molecular flexibility index (Phi) is 6.81. The van der Waals surface area contributed by atoms with Crippen LogP contribution in [-0.4, -0.2) is 38.3 Å². The summed E-state index contributed by atoms with van der Waals surface area (Å²) in [4.78, 5) is 13.6. The first kappa shape index (κ1) is 23.0. The number of aryl methyl sites for hydroxylation is 1. The van der Waals surface area contributed by atoms with Crippen LogP contribution in [0.4, 0.5) is 0 Å². The highest BCUT2D eigenvalue weighted by atomic mass is 32.2. The van der Waals surface area contributed by atoms with Gasteiger partial charge in [0.2, 0.25) is 15.9 Å². The van der Waals surface area contributed by atoms with Crippen LogP contribution < -0.4 is 10.1 Å². The van der Waals surface area contributed by atoms with Crippen molar-refractivity contribution in [3.8, 4) is 5.75 Å². The van der Waals surface area contributed by atoms with Crippen molar-refractivity contribution in [2.75, 3.05) is 13.7 Å². The second kappa shape index (κ2) is 9.77. The van der Waals surface area contributed by atoms with Crippen molar-refractivity contribution in [2.45, 2.75) is 36.7 Å². The summed E-state index contributed by atoms with van der Waals surface area (Å²) in [5.41, 5.74) is 2.49. The number of nitrogens with zero attached hydrogens (tertiary/aromatic N) is 1. The number of ether oxygens (including phenoxy) is 1. The largest absolute Gasteiger partial charge is 0.497 e. The topological polar surface area (TPSA) is 75.7 Å². The molecule has 0 aliphatic carbocycles. The van der Waals surface area contributed by atoms with E-state index in [4.69, 9.17) is 4.74 Å². The minimum absolute atomic E-state index is 0.171. The van der Waals surface area contributed by atoms with E-state index in [0.717, 1.165) is 11.1 Å². The number of sulfonamides is 1. The Morgan fingerprint density at radius 3 is 2.18 bits per heavy atom. The lowest BCUT2D eigenvalue weighted by molar-refractivity contribution is -0.124. The molecule has 0 unspecified atom stereocenters. The Morgan fingerprint density at radius 1 is 1.00 bits per heavy atom. The molecule has 1 saturated heterocycles. The molecule has 0 radical (unpaired) electrons. The summed E-state index contributed by atoms with van der Waals surface area (Å²) in [7, 11) is -2.37. The fourth-order valence-corrected chi connectivity index (χ4v) is 6.19. The van der Waals surface area contributed by atoms with Gasteiger partial charge in [0.1, 0.15) is 11.8 Å². The Hall–Kier alpha value is -3.16. The second-order valence-corrected chi connectivity index (χ2v) is 10.0. The number of carbonyl (C=O) groups is 1. The smallest absolute Gasteiger partial charge is 0.244 e. The first-order valence-corrected chi connectivity index (χ1v) is 12.4. The maximum Gasteiger partial charge on any atom is 0.244 e. The molecule has 4 rings (SSSR count). The second-order valence-electron chi connectivity index (χ2n) is 8.17. The highest BCUT2D eigenvalue weighted by molar-refractivity contribution is 7.89. The third-order valence-electron chi connectivity index (χ3n) is 6.04. The summed E-state index contributed by atoms with van der Waals surface area (Å²) in [6.45, 7) is 2.05. The normalized spacial score (nSPS) is 16.6. The van der Waals surface area contributed by atoms with E-state index < -0.39 is 16.1 Å². The maximum atomic E-state index is 13.6. The maximum absolute atomic E-state index is 13.6. The minimum atomic E-state index is -3.87.